The Kier molecular flexibility index (Phi) is 5.01. The van der Waals surface area contributed by atoms with Gasteiger partial charge in [-0.2, -0.15) is 0 Å². The largest absolute Gasteiger partial charge is 0.317 e. The zero-order valence-electron chi connectivity index (χ0n) is 10.6. The minimum atomic E-state index is 0.0385. The second-order valence-electron chi connectivity index (χ2n) is 4.47. The van der Waals surface area contributed by atoms with Gasteiger partial charge in [0.1, 0.15) is 5.82 Å². The number of pyridine rings is 1. The summed E-state index contributed by atoms with van der Waals surface area (Å²) < 4.78 is 0. The van der Waals surface area contributed by atoms with Crippen LogP contribution in [0.25, 0.3) is 0 Å². The number of amides is 1. The standard InChI is InChI=1S/C13H19N3OS/c1-10-3-2-4-12(15-10)16-13(17)9-18-11-5-7-14-8-6-11/h2-4,11,14H,5-9H2,1H3,(H,15,16,17). The minimum absolute atomic E-state index is 0.0385. The number of aryl methyl sites for hydroxylation is 1. The molecular formula is C13H19N3OS. The summed E-state index contributed by atoms with van der Waals surface area (Å²) in [5.41, 5.74) is 0.916. The van der Waals surface area contributed by atoms with E-state index in [1.54, 1.807) is 11.8 Å². The number of hydrogen-bond acceptors (Lipinski definition) is 4. The van der Waals surface area contributed by atoms with Crippen LogP contribution in [-0.2, 0) is 4.79 Å². The van der Waals surface area contributed by atoms with Crippen molar-refractivity contribution in [3.8, 4) is 0 Å². The first kappa shape index (κ1) is 13.4. The van der Waals surface area contributed by atoms with Gasteiger partial charge in [0.15, 0.2) is 0 Å². The Morgan fingerprint density at radius 3 is 3.00 bits per heavy atom. The molecule has 5 heteroatoms. The van der Waals surface area contributed by atoms with Gasteiger partial charge in [-0.25, -0.2) is 4.98 Å². The summed E-state index contributed by atoms with van der Waals surface area (Å²) in [5.74, 6) is 1.20. The summed E-state index contributed by atoms with van der Waals surface area (Å²) in [7, 11) is 0. The first-order chi connectivity index (χ1) is 8.74. The molecule has 2 N–H and O–H groups in total. The van der Waals surface area contributed by atoms with Crippen LogP contribution in [0, 0.1) is 6.92 Å². The number of thioether (sulfide) groups is 1. The predicted molar refractivity (Wildman–Crippen MR) is 76.0 cm³/mol. The predicted octanol–water partition coefficient (Wildman–Crippen LogP) is 1.81. The Labute approximate surface area is 112 Å². The molecule has 1 amide bonds. The molecule has 0 atom stereocenters. The van der Waals surface area contributed by atoms with Crippen LogP contribution in [0.2, 0.25) is 0 Å². The lowest BCUT2D eigenvalue weighted by Crippen LogP contribution is -2.30. The fourth-order valence-corrected chi connectivity index (χ4v) is 2.98. The van der Waals surface area contributed by atoms with Gasteiger partial charge in [-0.05, 0) is 45.0 Å². The van der Waals surface area contributed by atoms with Gasteiger partial charge in [0.05, 0.1) is 5.75 Å². The number of nitrogens with one attached hydrogen (secondary N) is 2. The van der Waals surface area contributed by atoms with E-state index in [1.807, 2.05) is 25.1 Å². The van der Waals surface area contributed by atoms with E-state index in [0.717, 1.165) is 31.6 Å². The summed E-state index contributed by atoms with van der Waals surface area (Å²) in [6.07, 6.45) is 2.31. The van der Waals surface area contributed by atoms with Gasteiger partial charge >= 0.3 is 0 Å². The van der Waals surface area contributed by atoms with Crippen molar-refractivity contribution in [1.82, 2.24) is 10.3 Å². The van der Waals surface area contributed by atoms with Crippen molar-refractivity contribution >= 4 is 23.5 Å². The fraction of sp³-hybridized carbons (Fsp3) is 0.538. The molecular weight excluding hydrogens is 246 g/mol. The Bertz CT molecular complexity index is 405. The normalized spacial score (nSPS) is 16.5. The molecule has 18 heavy (non-hydrogen) atoms. The van der Waals surface area contributed by atoms with Gasteiger partial charge < -0.3 is 10.6 Å². The summed E-state index contributed by atoms with van der Waals surface area (Å²) in [6.45, 7) is 4.05. The SMILES string of the molecule is Cc1cccc(NC(=O)CSC2CCNCC2)n1. The third kappa shape index (κ3) is 4.31. The van der Waals surface area contributed by atoms with Crippen molar-refractivity contribution in [3.05, 3.63) is 23.9 Å². The second kappa shape index (κ2) is 6.75. The van der Waals surface area contributed by atoms with Crippen LogP contribution in [0.5, 0.6) is 0 Å². The van der Waals surface area contributed by atoms with E-state index in [-0.39, 0.29) is 5.91 Å². The summed E-state index contributed by atoms with van der Waals surface area (Å²) in [5, 5.41) is 6.77. The number of carbonyl (C=O) groups is 1. The van der Waals surface area contributed by atoms with Gasteiger partial charge in [-0.1, -0.05) is 6.07 Å². The molecule has 0 spiro atoms. The molecule has 4 nitrogen and oxygen atoms in total. The smallest absolute Gasteiger partial charge is 0.235 e. The number of aromatic nitrogens is 1. The molecule has 2 rings (SSSR count). The lowest BCUT2D eigenvalue weighted by Gasteiger charge is -2.21. The van der Waals surface area contributed by atoms with Gasteiger partial charge in [0.25, 0.3) is 0 Å². The van der Waals surface area contributed by atoms with Crippen LogP contribution in [-0.4, -0.2) is 35.0 Å². The van der Waals surface area contributed by atoms with E-state index >= 15 is 0 Å². The zero-order valence-corrected chi connectivity index (χ0v) is 11.4. The van der Waals surface area contributed by atoms with E-state index in [1.165, 1.54) is 0 Å². The molecule has 1 aliphatic rings. The summed E-state index contributed by atoms with van der Waals surface area (Å²) in [6, 6.07) is 5.64. The third-order valence-electron chi connectivity index (χ3n) is 2.89. The van der Waals surface area contributed by atoms with E-state index in [9.17, 15) is 4.79 Å². The maximum atomic E-state index is 11.8. The van der Waals surface area contributed by atoms with Crippen molar-refractivity contribution in [3.63, 3.8) is 0 Å². The van der Waals surface area contributed by atoms with Crippen molar-refractivity contribution in [2.45, 2.75) is 25.0 Å². The maximum absolute atomic E-state index is 11.8. The summed E-state index contributed by atoms with van der Waals surface area (Å²) >= 11 is 1.75. The fourth-order valence-electron chi connectivity index (χ4n) is 1.95. The van der Waals surface area contributed by atoms with Gasteiger partial charge in [-0.15, -0.1) is 11.8 Å². The quantitative estimate of drug-likeness (QED) is 0.872. The average molecular weight is 265 g/mol. The highest BCUT2D eigenvalue weighted by Gasteiger charge is 2.15. The molecule has 2 heterocycles. The van der Waals surface area contributed by atoms with Gasteiger partial charge in [0, 0.05) is 10.9 Å². The zero-order chi connectivity index (χ0) is 12.8. The molecule has 1 aliphatic heterocycles. The lowest BCUT2D eigenvalue weighted by atomic mass is 10.2. The van der Waals surface area contributed by atoms with Gasteiger partial charge in [-0.3, -0.25) is 4.79 Å². The third-order valence-corrected chi connectivity index (χ3v) is 4.26. The summed E-state index contributed by atoms with van der Waals surface area (Å²) in [4.78, 5) is 16.0. The van der Waals surface area contributed by atoms with Crippen molar-refractivity contribution in [2.75, 3.05) is 24.2 Å². The molecule has 0 bridgehead atoms. The van der Waals surface area contributed by atoms with Crippen LogP contribution in [0.3, 0.4) is 0 Å². The number of nitrogens with zero attached hydrogens (tertiary/aromatic N) is 1. The Morgan fingerprint density at radius 1 is 1.50 bits per heavy atom. The number of hydrogen-bond donors (Lipinski definition) is 2. The molecule has 1 fully saturated rings. The highest BCUT2D eigenvalue weighted by Crippen LogP contribution is 2.20. The van der Waals surface area contributed by atoms with Crippen LogP contribution < -0.4 is 10.6 Å². The number of rotatable bonds is 4. The van der Waals surface area contributed by atoms with Crippen molar-refractivity contribution in [2.24, 2.45) is 0 Å². The maximum Gasteiger partial charge on any atom is 0.235 e. The molecule has 0 saturated carbocycles. The molecule has 0 aliphatic carbocycles. The molecule has 0 radical (unpaired) electrons. The van der Waals surface area contributed by atoms with Crippen LogP contribution in [0.1, 0.15) is 18.5 Å². The lowest BCUT2D eigenvalue weighted by molar-refractivity contribution is -0.113. The second-order valence-corrected chi connectivity index (χ2v) is 5.76. The average Bonchev–Trinajstić information content (AvgIpc) is 2.38. The minimum Gasteiger partial charge on any atom is -0.317 e. The van der Waals surface area contributed by atoms with E-state index in [4.69, 9.17) is 0 Å². The van der Waals surface area contributed by atoms with Gasteiger partial charge in [0.2, 0.25) is 5.91 Å². The molecule has 1 saturated heterocycles. The van der Waals surface area contributed by atoms with E-state index in [0.29, 0.717) is 16.8 Å². The van der Waals surface area contributed by atoms with Crippen LogP contribution >= 0.6 is 11.8 Å². The molecule has 0 aromatic carbocycles. The first-order valence-electron chi connectivity index (χ1n) is 6.30. The van der Waals surface area contributed by atoms with Crippen molar-refractivity contribution < 1.29 is 4.79 Å². The number of carbonyl (C=O) groups excluding carboxylic acids is 1. The van der Waals surface area contributed by atoms with E-state index < -0.39 is 0 Å². The number of anilines is 1. The highest BCUT2D eigenvalue weighted by molar-refractivity contribution is 8.00. The Hall–Kier alpha value is -1.07. The monoisotopic (exact) mass is 265 g/mol. The highest BCUT2D eigenvalue weighted by atomic mass is 32.2. The van der Waals surface area contributed by atoms with E-state index in [2.05, 4.69) is 15.6 Å². The van der Waals surface area contributed by atoms with Crippen LogP contribution in [0.15, 0.2) is 18.2 Å². The molecule has 1 aromatic heterocycles. The number of piperidine rings is 1. The first-order valence-corrected chi connectivity index (χ1v) is 7.35. The molecule has 0 unspecified atom stereocenters. The Balaban J connectivity index is 1.74. The van der Waals surface area contributed by atoms with Crippen molar-refractivity contribution in [1.29, 1.82) is 0 Å². The topological polar surface area (TPSA) is 54.0 Å². The molecule has 98 valence electrons. The Morgan fingerprint density at radius 2 is 2.28 bits per heavy atom. The van der Waals surface area contributed by atoms with Crippen LogP contribution in [0.4, 0.5) is 5.82 Å². The molecule has 1 aromatic rings.